The van der Waals surface area contributed by atoms with Gasteiger partial charge in [-0.2, -0.15) is 0 Å². The molecule has 86 valence electrons. The number of H-pyrrole nitrogens is 1. The lowest BCUT2D eigenvalue weighted by molar-refractivity contribution is -0.137. The first-order chi connectivity index (χ1) is 7.66. The van der Waals surface area contributed by atoms with Gasteiger partial charge in [-0.3, -0.25) is 9.59 Å². The molecule has 0 aromatic carbocycles. The third kappa shape index (κ3) is 2.27. The van der Waals surface area contributed by atoms with Gasteiger partial charge in [-0.25, -0.2) is 4.98 Å². The highest BCUT2D eigenvalue weighted by atomic mass is 16.5. The summed E-state index contributed by atoms with van der Waals surface area (Å²) in [7, 11) is 0. The quantitative estimate of drug-likeness (QED) is 0.745. The predicted molar refractivity (Wildman–Crippen MR) is 54.2 cm³/mol. The smallest absolute Gasteiger partial charge is 0.303 e. The highest BCUT2D eigenvalue weighted by Gasteiger charge is 2.15. The van der Waals surface area contributed by atoms with Crippen LogP contribution in [0.25, 0.3) is 0 Å². The molecule has 0 bridgehead atoms. The first-order valence-corrected chi connectivity index (χ1v) is 5.07. The molecule has 1 aliphatic heterocycles. The third-order valence-electron chi connectivity index (χ3n) is 2.46. The maximum Gasteiger partial charge on any atom is 0.303 e. The van der Waals surface area contributed by atoms with E-state index in [4.69, 9.17) is 9.84 Å². The van der Waals surface area contributed by atoms with Crippen molar-refractivity contribution in [2.75, 3.05) is 6.61 Å². The average molecular weight is 224 g/mol. The summed E-state index contributed by atoms with van der Waals surface area (Å²) in [5, 5.41) is 8.54. The van der Waals surface area contributed by atoms with Crippen LogP contribution >= 0.6 is 0 Å². The number of nitrogens with zero attached hydrogens (tertiary/aromatic N) is 1. The lowest BCUT2D eigenvalue weighted by atomic mass is 10.1. The predicted octanol–water partition coefficient (Wildman–Crippen LogP) is -0.140. The fraction of sp³-hybridized carbons (Fsp3) is 0.500. The fourth-order valence-electron chi connectivity index (χ4n) is 1.66. The van der Waals surface area contributed by atoms with E-state index < -0.39 is 5.97 Å². The molecule has 0 fully saturated rings. The molecule has 2 heterocycles. The van der Waals surface area contributed by atoms with Gasteiger partial charge in [0.05, 0.1) is 25.3 Å². The van der Waals surface area contributed by atoms with E-state index in [1.165, 1.54) is 0 Å². The number of hydrogen-bond donors (Lipinski definition) is 2. The van der Waals surface area contributed by atoms with Crippen molar-refractivity contribution >= 4 is 5.97 Å². The highest BCUT2D eigenvalue weighted by Crippen LogP contribution is 2.10. The standard InChI is InChI=1S/C10H12N2O4/c13-9(14)2-1-8-11-7-5-16-4-3-6(7)10(15)12-8/h1-5H2,(H,13,14)(H,11,12,15). The molecule has 0 unspecified atom stereocenters. The van der Waals surface area contributed by atoms with Crippen molar-refractivity contribution < 1.29 is 14.6 Å². The van der Waals surface area contributed by atoms with E-state index in [1.54, 1.807) is 0 Å². The summed E-state index contributed by atoms with van der Waals surface area (Å²) in [4.78, 5) is 28.8. The van der Waals surface area contributed by atoms with Gasteiger partial charge in [-0.05, 0) is 0 Å². The SMILES string of the molecule is O=C(O)CCc1nc2c(c(=O)[nH]1)CCOC2. The Morgan fingerprint density at radius 3 is 3.12 bits per heavy atom. The number of aryl methyl sites for hydroxylation is 1. The minimum atomic E-state index is -0.906. The zero-order valence-corrected chi connectivity index (χ0v) is 8.65. The van der Waals surface area contributed by atoms with Crippen LogP contribution in [-0.2, 0) is 29.0 Å². The van der Waals surface area contributed by atoms with Gasteiger partial charge in [-0.15, -0.1) is 0 Å². The Morgan fingerprint density at radius 1 is 1.56 bits per heavy atom. The Bertz CT molecular complexity index is 466. The van der Waals surface area contributed by atoms with Crippen LogP contribution in [0.5, 0.6) is 0 Å². The number of rotatable bonds is 3. The number of nitrogens with one attached hydrogen (secondary N) is 1. The minimum absolute atomic E-state index is 0.0391. The molecule has 0 saturated carbocycles. The lowest BCUT2D eigenvalue weighted by Crippen LogP contribution is -2.25. The van der Waals surface area contributed by atoms with E-state index in [2.05, 4.69) is 9.97 Å². The molecule has 0 atom stereocenters. The number of carboxylic acids is 1. The maximum absolute atomic E-state index is 11.6. The number of carbonyl (C=O) groups is 1. The molecule has 0 amide bonds. The second kappa shape index (κ2) is 4.44. The average Bonchev–Trinajstić information content (AvgIpc) is 2.26. The molecule has 0 spiro atoms. The third-order valence-corrected chi connectivity index (χ3v) is 2.46. The Kier molecular flexibility index (Phi) is 3.00. The summed E-state index contributed by atoms with van der Waals surface area (Å²) in [6.45, 7) is 0.867. The first-order valence-electron chi connectivity index (χ1n) is 5.07. The van der Waals surface area contributed by atoms with Crippen LogP contribution in [0.3, 0.4) is 0 Å². The van der Waals surface area contributed by atoms with Gasteiger partial charge in [-0.1, -0.05) is 0 Å². The van der Waals surface area contributed by atoms with Crippen LogP contribution in [0.2, 0.25) is 0 Å². The maximum atomic E-state index is 11.6. The van der Waals surface area contributed by atoms with Gasteiger partial charge in [0, 0.05) is 18.4 Å². The summed E-state index contributed by atoms with van der Waals surface area (Å²) in [6, 6.07) is 0. The molecular formula is C10H12N2O4. The van der Waals surface area contributed by atoms with Gasteiger partial charge >= 0.3 is 5.97 Å². The lowest BCUT2D eigenvalue weighted by Gasteiger charge is -2.14. The number of ether oxygens (including phenoxy) is 1. The van der Waals surface area contributed by atoms with Crippen molar-refractivity contribution in [3.8, 4) is 0 Å². The molecule has 16 heavy (non-hydrogen) atoms. The van der Waals surface area contributed by atoms with E-state index in [0.29, 0.717) is 36.7 Å². The van der Waals surface area contributed by atoms with E-state index in [0.717, 1.165) is 0 Å². The van der Waals surface area contributed by atoms with Gasteiger partial charge in [0.15, 0.2) is 0 Å². The summed E-state index contributed by atoms with van der Waals surface area (Å²) < 4.78 is 5.20. The summed E-state index contributed by atoms with van der Waals surface area (Å²) in [6.07, 6.45) is 0.761. The molecular weight excluding hydrogens is 212 g/mol. The van der Waals surface area contributed by atoms with Crippen molar-refractivity contribution in [3.63, 3.8) is 0 Å². The van der Waals surface area contributed by atoms with Crippen LogP contribution in [0.1, 0.15) is 23.5 Å². The summed E-state index contributed by atoms with van der Waals surface area (Å²) in [5.74, 6) is -0.492. The Hall–Kier alpha value is -1.69. The Morgan fingerprint density at radius 2 is 2.38 bits per heavy atom. The molecule has 6 heteroatoms. The topological polar surface area (TPSA) is 92.3 Å². The van der Waals surface area contributed by atoms with E-state index in [9.17, 15) is 9.59 Å². The summed E-state index contributed by atoms with van der Waals surface area (Å²) >= 11 is 0. The molecule has 1 aromatic rings. The molecule has 2 rings (SSSR count). The van der Waals surface area contributed by atoms with Crippen molar-refractivity contribution in [3.05, 3.63) is 27.4 Å². The molecule has 1 aromatic heterocycles. The van der Waals surface area contributed by atoms with Gasteiger partial charge in [0.2, 0.25) is 0 Å². The van der Waals surface area contributed by atoms with Crippen LogP contribution < -0.4 is 5.56 Å². The zero-order chi connectivity index (χ0) is 11.5. The summed E-state index contributed by atoms with van der Waals surface area (Å²) in [5.41, 5.74) is 1.12. The number of aromatic nitrogens is 2. The number of aliphatic carboxylic acids is 1. The normalized spacial score (nSPS) is 14.5. The molecule has 0 saturated heterocycles. The van der Waals surface area contributed by atoms with E-state index >= 15 is 0 Å². The first kappa shape index (κ1) is 10.8. The number of hydrogen-bond acceptors (Lipinski definition) is 4. The molecule has 2 N–H and O–H groups in total. The van der Waals surface area contributed by atoms with Crippen LogP contribution in [0.15, 0.2) is 4.79 Å². The van der Waals surface area contributed by atoms with Gasteiger partial charge in [0.1, 0.15) is 5.82 Å². The van der Waals surface area contributed by atoms with Gasteiger partial charge in [0.25, 0.3) is 5.56 Å². The molecule has 6 nitrogen and oxygen atoms in total. The van der Waals surface area contributed by atoms with Crippen molar-refractivity contribution in [1.82, 2.24) is 9.97 Å². The van der Waals surface area contributed by atoms with E-state index in [-0.39, 0.29) is 18.4 Å². The van der Waals surface area contributed by atoms with Crippen LogP contribution in [-0.4, -0.2) is 27.7 Å². The second-order valence-corrected chi connectivity index (χ2v) is 3.63. The van der Waals surface area contributed by atoms with Crippen molar-refractivity contribution in [2.45, 2.75) is 25.9 Å². The molecule has 1 aliphatic rings. The second-order valence-electron chi connectivity index (χ2n) is 3.63. The van der Waals surface area contributed by atoms with Crippen LogP contribution in [0.4, 0.5) is 0 Å². The molecule has 0 aliphatic carbocycles. The Labute approximate surface area is 91.3 Å². The Balaban J connectivity index is 2.25. The van der Waals surface area contributed by atoms with Crippen LogP contribution in [0, 0.1) is 0 Å². The van der Waals surface area contributed by atoms with Gasteiger partial charge < -0.3 is 14.8 Å². The monoisotopic (exact) mass is 224 g/mol. The zero-order valence-electron chi connectivity index (χ0n) is 8.65. The highest BCUT2D eigenvalue weighted by molar-refractivity contribution is 5.66. The number of fused-ring (bicyclic) bond motifs is 1. The minimum Gasteiger partial charge on any atom is -0.481 e. The number of carboxylic acid groups (broad SMARTS) is 1. The van der Waals surface area contributed by atoms with E-state index in [1.807, 2.05) is 0 Å². The number of aromatic amines is 1. The van der Waals surface area contributed by atoms with Crippen molar-refractivity contribution in [1.29, 1.82) is 0 Å². The molecule has 0 radical (unpaired) electrons. The van der Waals surface area contributed by atoms with Crippen molar-refractivity contribution in [2.24, 2.45) is 0 Å². The fourth-order valence-corrected chi connectivity index (χ4v) is 1.66. The largest absolute Gasteiger partial charge is 0.481 e.